The van der Waals surface area contributed by atoms with Crippen molar-refractivity contribution in [1.29, 1.82) is 0 Å². The Morgan fingerprint density at radius 3 is 2.69 bits per heavy atom. The molecule has 0 aromatic heterocycles. The molecule has 0 aromatic carbocycles. The predicted octanol–water partition coefficient (Wildman–Crippen LogP) is 2.33. The van der Waals surface area contributed by atoms with Gasteiger partial charge in [-0.2, -0.15) is 11.8 Å². The summed E-state index contributed by atoms with van der Waals surface area (Å²) in [7, 11) is 0. The van der Waals surface area contributed by atoms with Crippen molar-refractivity contribution >= 4 is 11.8 Å². The molecule has 2 N–H and O–H groups in total. The predicted molar refractivity (Wildman–Crippen MR) is 72.9 cm³/mol. The van der Waals surface area contributed by atoms with Crippen molar-refractivity contribution in [2.45, 2.75) is 50.3 Å². The zero-order valence-electron chi connectivity index (χ0n) is 10.7. The maximum Gasteiger partial charge on any atom is 0.0447 e. The number of nitrogens with zero attached hydrogens (tertiary/aromatic N) is 1. The zero-order valence-corrected chi connectivity index (χ0v) is 11.6. The van der Waals surface area contributed by atoms with Crippen LogP contribution in [0, 0.1) is 5.92 Å². The SMILES string of the molecule is CCN(CC1CC1)C1(CN)CCCSC1C. The minimum atomic E-state index is 0.292. The third kappa shape index (κ3) is 2.41. The van der Waals surface area contributed by atoms with E-state index in [4.69, 9.17) is 5.73 Å². The van der Waals surface area contributed by atoms with Gasteiger partial charge < -0.3 is 5.73 Å². The molecule has 1 saturated heterocycles. The highest BCUT2D eigenvalue weighted by molar-refractivity contribution is 8.00. The lowest BCUT2D eigenvalue weighted by molar-refractivity contribution is 0.0823. The molecule has 2 unspecified atom stereocenters. The van der Waals surface area contributed by atoms with Gasteiger partial charge in [-0.3, -0.25) is 4.90 Å². The lowest BCUT2D eigenvalue weighted by Gasteiger charge is -2.49. The standard InChI is InChI=1S/C13H26N2S/c1-3-15(9-12-5-6-12)13(10-14)7-4-8-16-11(13)2/h11-12H,3-10,14H2,1-2H3. The van der Waals surface area contributed by atoms with E-state index in [0.29, 0.717) is 10.8 Å². The van der Waals surface area contributed by atoms with Crippen LogP contribution in [0.4, 0.5) is 0 Å². The molecule has 16 heavy (non-hydrogen) atoms. The van der Waals surface area contributed by atoms with Gasteiger partial charge in [-0.15, -0.1) is 0 Å². The van der Waals surface area contributed by atoms with Gasteiger partial charge in [-0.25, -0.2) is 0 Å². The maximum absolute atomic E-state index is 6.15. The van der Waals surface area contributed by atoms with Crippen LogP contribution in [0.3, 0.4) is 0 Å². The Labute approximate surface area is 104 Å². The molecule has 2 fully saturated rings. The van der Waals surface area contributed by atoms with Crippen LogP contribution in [-0.4, -0.2) is 41.1 Å². The van der Waals surface area contributed by atoms with E-state index in [9.17, 15) is 0 Å². The van der Waals surface area contributed by atoms with E-state index in [1.807, 2.05) is 0 Å². The van der Waals surface area contributed by atoms with Crippen molar-refractivity contribution in [2.24, 2.45) is 11.7 Å². The molecule has 2 rings (SSSR count). The third-order valence-electron chi connectivity index (χ3n) is 4.42. The minimum absolute atomic E-state index is 0.292. The Balaban J connectivity index is 2.08. The van der Waals surface area contributed by atoms with Crippen LogP contribution in [0.25, 0.3) is 0 Å². The van der Waals surface area contributed by atoms with Crippen molar-refractivity contribution in [3.63, 3.8) is 0 Å². The summed E-state index contributed by atoms with van der Waals surface area (Å²) in [5.41, 5.74) is 6.44. The number of hydrogen-bond donors (Lipinski definition) is 1. The van der Waals surface area contributed by atoms with Crippen LogP contribution in [0.15, 0.2) is 0 Å². The summed E-state index contributed by atoms with van der Waals surface area (Å²) in [4.78, 5) is 2.70. The first-order valence-corrected chi connectivity index (χ1v) is 7.84. The fourth-order valence-electron chi connectivity index (χ4n) is 3.05. The molecule has 0 bridgehead atoms. The Kier molecular flexibility index (Phi) is 4.20. The Morgan fingerprint density at radius 1 is 1.44 bits per heavy atom. The monoisotopic (exact) mass is 242 g/mol. The van der Waals surface area contributed by atoms with Gasteiger partial charge in [0.2, 0.25) is 0 Å². The van der Waals surface area contributed by atoms with Crippen molar-refractivity contribution in [3.05, 3.63) is 0 Å². The van der Waals surface area contributed by atoms with Crippen molar-refractivity contribution in [3.8, 4) is 0 Å². The smallest absolute Gasteiger partial charge is 0.0447 e. The van der Waals surface area contributed by atoms with Crippen LogP contribution in [-0.2, 0) is 0 Å². The lowest BCUT2D eigenvalue weighted by atomic mass is 9.87. The number of hydrogen-bond acceptors (Lipinski definition) is 3. The van der Waals surface area contributed by atoms with Gasteiger partial charge in [0.05, 0.1) is 0 Å². The molecule has 0 radical (unpaired) electrons. The van der Waals surface area contributed by atoms with E-state index in [1.54, 1.807) is 0 Å². The number of likely N-dealkylation sites (N-methyl/N-ethyl adjacent to an activating group) is 1. The molecule has 1 heterocycles. The molecule has 0 aromatic rings. The fourth-order valence-corrected chi connectivity index (χ4v) is 4.38. The van der Waals surface area contributed by atoms with Gasteiger partial charge in [0.15, 0.2) is 0 Å². The molecule has 94 valence electrons. The zero-order chi connectivity index (χ0) is 11.6. The van der Waals surface area contributed by atoms with Crippen molar-refractivity contribution in [1.82, 2.24) is 4.90 Å². The van der Waals surface area contributed by atoms with Crippen LogP contribution in [0.5, 0.6) is 0 Å². The fraction of sp³-hybridized carbons (Fsp3) is 1.00. The Bertz CT molecular complexity index is 230. The van der Waals surface area contributed by atoms with Crippen molar-refractivity contribution in [2.75, 3.05) is 25.4 Å². The van der Waals surface area contributed by atoms with Crippen LogP contribution in [0.2, 0.25) is 0 Å². The Morgan fingerprint density at radius 2 is 2.19 bits per heavy atom. The molecule has 3 heteroatoms. The van der Waals surface area contributed by atoms with E-state index in [-0.39, 0.29) is 0 Å². The molecule has 1 aliphatic heterocycles. The summed E-state index contributed by atoms with van der Waals surface area (Å²) in [5, 5.41) is 0.699. The highest BCUT2D eigenvalue weighted by Gasteiger charge is 2.43. The largest absolute Gasteiger partial charge is 0.329 e. The quantitative estimate of drug-likeness (QED) is 0.802. The number of thioether (sulfide) groups is 1. The number of rotatable bonds is 5. The first-order valence-electron chi connectivity index (χ1n) is 6.79. The third-order valence-corrected chi connectivity index (χ3v) is 5.88. The van der Waals surface area contributed by atoms with Gasteiger partial charge in [0, 0.05) is 23.9 Å². The van der Waals surface area contributed by atoms with Crippen LogP contribution >= 0.6 is 11.8 Å². The van der Waals surface area contributed by atoms with E-state index >= 15 is 0 Å². The first kappa shape index (κ1) is 12.7. The van der Waals surface area contributed by atoms with E-state index in [2.05, 4.69) is 30.5 Å². The number of nitrogens with two attached hydrogens (primary N) is 1. The second-order valence-electron chi connectivity index (χ2n) is 5.41. The highest BCUT2D eigenvalue weighted by Crippen LogP contribution is 2.40. The lowest BCUT2D eigenvalue weighted by Crippen LogP contribution is -2.61. The molecule has 0 amide bonds. The summed E-state index contributed by atoms with van der Waals surface area (Å²) in [6.07, 6.45) is 5.53. The normalized spacial score (nSPS) is 35.6. The van der Waals surface area contributed by atoms with Gasteiger partial charge >= 0.3 is 0 Å². The molecule has 0 spiro atoms. The highest BCUT2D eigenvalue weighted by atomic mass is 32.2. The van der Waals surface area contributed by atoms with E-state index < -0.39 is 0 Å². The van der Waals surface area contributed by atoms with Gasteiger partial charge in [0.1, 0.15) is 0 Å². The molecule has 2 aliphatic rings. The summed E-state index contributed by atoms with van der Waals surface area (Å²) in [5.74, 6) is 2.30. The van der Waals surface area contributed by atoms with Gasteiger partial charge in [0.25, 0.3) is 0 Å². The van der Waals surface area contributed by atoms with E-state index in [1.165, 1.54) is 44.5 Å². The summed E-state index contributed by atoms with van der Waals surface area (Å²) in [6.45, 7) is 7.97. The molecule has 2 nitrogen and oxygen atoms in total. The van der Waals surface area contributed by atoms with Crippen LogP contribution < -0.4 is 5.73 Å². The molecule has 2 atom stereocenters. The van der Waals surface area contributed by atoms with Crippen LogP contribution in [0.1, 0.15) is 39.5 Å². The summed E-state index contributed by atoms with van der Waals surface area (Å²) in [6, 6.07) is 0. The molecule has 1 saturated carbocycles. The topological polar surface area (TPSA) is 29.3 Å². The average Bonchev–Trinajstić information content (AvgIpc) is 3.11. The van der Waals surface area contributed by atoms with Gasteiger partial charge in [-0.05, 0) is 43.9 Å². The molecule has 1 aliphatic carbocycles. The van der Waals surface area contributed by atoms with Gasteiger partial charge in [-0.1, -0.05) is 13.8 Å². The second kappa shape index (κ2) is 5.28. The summed E-state index contributed by atoms with van der Waals surface area (Å²) < 4.78 is 0. The average molecular weight is 242 g/mol. The molecular weight excluding hydrogens is 216 g/mol. The first-order chi connectivity index (χ1) is 7.73. The molecular formula is C13H26N2S. The van der Waals surface area contributed by atoms with E-state index in [0.717, 1.165) is 12.5 Å². The van der Waals surface area contributed by atoms with Crippen molar-refractivity contribution < 1.29 is 0 Å². The Hall–Kier alpha value is 0.270. The summed E-state index contributed by atoms with van der Waals surface area (Å²) >= 11 is 2.12. The maximum atomic E-state index is 6.15. The minimum Gasteiger partial charge on any atom is -0.329 e. The second-order valence-corrected chi connectivity index (χ2v) is 6.85.